The molecule has 8 N–H and O–H groups in total. The van der Waals surface area contributed by atoms with E-state index < -0.39 is 75.7 Å². The van der Waals surface area contributed by atoms with Crippen molar-refractivity contribution in [3.8, 4) is 45.8 Å². The maximum absolute atomic E-state index is 12.5. The monoisotopic (exact) mass is 450 g/mol. The zero-order valence-corrected chi connectivity index (χ0v) is 16.0. The van der Waals surface area contributed by atoms with E-state index in [9.17, 15) is 45.6 Å². The molecule has 1 fully saturated rings. The van der Waals surface area contributed by atoms with Crippen LogP contribution < -0.4 is 10.2 Å². The summed E-state index contributed by atoms with van der Waals surface area (Å²) in [6.45, 7) is -0.386. The molecule has 2 heterocycles. The van der Waals surface area contributed by atoms with Gasteiger partial charge in [0, 0.05) is 17.7 Å². The molecule has 1 saturated heterocycles. The highest BCUT2D eigenvalue weighted by Crippen LogP contribution is 2.43. The Kier molecular flexibility index (Phi) is 5.22. The second kappa shape index (κ2) is 7.76. The zero-order chi connectivity index (χ0) is 23.3. The molecule has 3 aromatic rings. The molecule has 32 heavy (non-hydrogen) atoms. The Balaban J connectivity index is 1.81. The van der Waals surface area contributed by atoms with Gasteiger partial charge in [0.05, 0.1) is 6.61 Å². The van der Waals surface area contributed by atoms with Crippen molar-refractivity contribution in [3.05, 3.63) is 34.5 Å². The highest BCUT2D eigenvalue weighted by Gasteiger charge is 2.39. The van der Waals surface area contributed by atoms with E-state index in [0.717, 1.165) is 24.3 Å². The van der Waals surface area contributed by atoms with Crippen molar-refractivity contribution in [1.29, 1.82) is 0 Å². The molecule has 170 valence electrons. The van der Waals surface area contributed by atoms with Crippen LogP contribution in [0.3, 0.4) is 0 Å². The van der Waals surface area contributed by atoms with Crippen LogP contribution in [0.25, 0.3) is 22.3 Å². The molecule has 12 heteroatoms. The van der Waals surface area contributed by atoms with Crippen LogP contribution in [0.4, 0.5) is 0 Å². The Morgan fingerprint density at radius 2 is 1.59 bits per heavy atom. The van der Waals surface area contributed by atoms with Gasteiger partial charge in [-0.1, -0.05) is 0 Å². The SMILES string of the molecule is O=c1c(O)c(-c2cc(O)c(O)c(O[C@@H]3OC[C@H](O)[C@H](O)[C@H]3O)c2)oc2cc(O)cc(O)c12. The predicted octanol–water partition coefficient (Wildman–Crippen LogP) is -0.194. The van der Waals surface area contributed by atoms with Gasteiger partial charge in [0.25, 0.3) is 0 Å². The van der Waals surface area contributed by atoms with Crippen molar-refractivity contribution in [2.45, 2.75) is 24.6 Å². The number of phenols is 4. The smallest absolute Gasteiger partial charge is 0.238 e. The van der Waals surface area contributed by atoms with Gasteiger partial charge < -0.3 is 54.7 Å². The van der Waals surface area contributed by atoms with Gasteiger partial charge in [0.2, 0.25) is 23.2 Å². The lowest BCUT2D eigenvalue weighted by molar-refractivity contribution is -0.242. The third-order valence-corrected chi connectivity index (χ3v) is 4.95. The maximum Gasteiger partial charge on any atom is 0.238 e. The fourth-order valence-corrected chi connectivity index (χ4v) is 3.29. The van der Waals surface area contributed by atoms with Crippen molar-refractivity contribution < 1.29 is 54.7 Å². The second-order valence-electron chi connectivity index (χ2n) is 7.16. The van der Waals surface area contributed by atoms with Gasteiger partial charge in [-0.3, -0.25) is 4.79 Å². The van der Waals surface area contributed by atoms with Crippen LogP contribution >= 0.6 is 0 Å². The molecule has 1 aliphatic rings. The maximum atomic E-state index is 12.5. The van der Waals surface area contributed by atoms with E-state index >= 15 is 0 Å². The number of aliphatic hydroxyl groups is 3. The number of benzene rings is 2. The molecule has 0 saturated carbocycles. The zero-order valence-electron chi connectivity index (χ0n) is 16.0. The number of hydrogen-bond acceptors (Lipinski definition) is 12. The van der Waals surface area contributed by atoms with Crippen molar-refractivity contribution in [1.82, 2.24) is 0 Å². The summed E-state index contributed by atoms with van der Waals surface area (Å²) in [6.07, 6.45) is -6.22. The number of fused-ring (bicyclic) bond motifs is 1. The molecule has 12 nitrogen and oxygen atoms in total. The van der Waals surface area contributed by atoms with E-state index in [4.69, 9.17) is 13.9 Å². The first-order valence-corrected chi connectivity index (χ1v) is 9.19. The molecule has 0 aliphatic carbocycles. The molecule has 1 aliphatic heterocycles. The minimum atomic E-state index is -1.71. The van der Waals surface area contributed by atoms with E-state index in [-0.39, 0.29) is 17.8 Å². The molecular formula is C20H18O12. The summed E-state index contributed by atoms with van der Waals surface area (Å²) >= 11 is 0. The van der Waals surface area contributed by atoms with Gasteiger partial charge in [0.15, 0.2) is 17.3 Å². The highest BCUT2D eigenvalue weighted by atomic mass is 16.7. The van der Waals surface area contributed by atoms with Crippen molar-refractivity contribution in [2.24, 2.45) is 0 Å². The first-order chi connectivity index (χ1) is 15.1. The van der Waals surface area contributed by atoms with Gasteiger partial charge in [-0.25, -0.2) is 0 Å². The minimum Gasteiger partial charge on any atom is -0.508 e. The molecule has 4 rings (SSSR count). The standard InChI is InChI=1S/C20H18O12/c21-7-3-8(22)13-11(4-7)31-19(17(28)16(13)27)6-1-9(23)14(25)12(2-6)32-20-18(29)15(26)10(24)5-30-20/h1-4,10,15,18,20-26,28-29H,5H2/t10-,15-,18+,20-/m0/s1. The lowest BCUT2D eigenvalue weighted by atomic mass is 10.1. The summed E-state index contributed by atoms with van der Waals surface area (Å²) in [5.41, 5.74) is -1.48. The summed E-state index contributed by atoms with van der Waals surface area (Å²) < 4.78 is 15.9. The lowest BCUT2D eigenvalue weighted by Gasteiger charge is -2.35. The average Bonchev–Trinajstić information content (AvgIpc) is 2.73. The van der Waals surface area contributed by atoms with Crippen LogP contribution in [0.15, 0.2) is 33.5 Å². The number of hydrogen-bond donors (Lipinski definition) is 8. The van der Waals surface area contributed by atoms with Crippen LogP contribution in [0.2, 0.25) is 0 Å². The third-order valence-electron chi connectivity index (χ3n) is 4.95. The van der Waals surface area contributed by atoms with Gasteiger partial charge in [-0.15, -0.1) is 0 Å². The minimum absolute atomic E-state index is 0.166. The molecular weight excluding hydrogens is 432 g/mol. The number of aliphatic hydroxyl groups excluding tert-OH is 3. The van der Waals surface area contributed by atoms with Crippen LogP contribution in [0.1, 0.15) is 0 Å². The normalized spacial score (nSPS) is 23.3. The van der Waals surface area contributed by atoms with Gasteiger partial charge in [0.1, 0.15) is 40.8 Å². The predicted molar refractivity (Wildman–Crippen MR) is 105 cm³/mol. The molecule has 0 spiro atoms. The van der Waals surface area contributed by atoms with Crippen LogP contribution in [0.5, 0.6) is 34.5 Å². The third kappa shape index (κ3) is 3.50. The van der Waals surface area contributed by atoms with E-state index in [1.807, 2.05) is 0 Å². The van der Waals surface area contributed by atoms with Gasteiger partial charge in [-0.05, 0) is 12.1 Å². The van der Waals surface area contributed by atoms with Gasteiger partial charge >= 0.3 is 0 Å². The fraction of sp³-hybridized carbons (Fsp3) is 0.250. The number of rotatable bonds is 3. The van der Waals surface area contributed by atoms with Gasteiger partial charge in [-0.2, -0.15) is 0 Å². The van der Waals surface area contributed by atoms with Crippen molar-refractivity contribution in [2.75, 3.05) is 6.61 Å². The molecule has 4 atom stereocenters. The average molecular weight is 450 g/mol. The van der Waals surface area contributed by atoms with Crippen LogP contribution in [-0.2, 0) is 4.74 Å². The topological polar surface area (TPSA) is 211 Å². The molecule has 0 bridgehead atoms. The largest absolute Gasteiger partial charge is 0.508 e. The first-order valence-electron chi connectivity index (χ1n) is 9.19. The summed E-state index contributed by atoms with van der Waals surface area (Å²) in [5.74, 6) is -4.51. The Bertz CT molecular complexity index is 1250. The lowest BCUT2D eigenvalue weighted by Crippen LogP contribution is -2.54. The Hall–Kier alpha value is -3.71. The molecule has 0 unspecified atom stereocenters. The van der Waals surface area contributed by atoms with Crippen molar-refractivity contribution in [3.63, 3.8) is 0 Å². The quantitative estimate of drug-likeness (QED) is 0.244. The van der Waals surface area contributed by atoms with Crippen molar-refractivity contribution >= 4 is 11.0 Å². The molecule has 1 aromatic heterocycles. The van der Waals surface area contributed by atoms with Crippen LogP contribution in [0, 0.1) is 0 Å². The summed E-state index contributed by atoms with van der Waals surface area (Å²) in [4.78, 5) is 12.5. The van der Waals surface area contributed by atoms with E-state index in [2.05, 4.69) is 0 Å². The Morgan fingerprint density at radius 1 is 0.875 bits per heavy atom. The summed E-state index contributed by atoms with van der Waals surface area (Å²) in [5, 5.41) is 79.0. The van der Waals surface area contributed by atoms with E-state index in [0.29, 0.717) is 0 Å². The summed E-state index contributed by atoms with van der Waals surface area (Å²) in [6, 6.07) is 3.88. The number of ether oxygens (including phenoxy) is 2. The Morgan fingerprint density at radius 3 is 2.31 bits per heavy atom. The Labute approximate surface area is 178 Å². The number of phenolic OH excluding ortho intramolecular Hbond substituents is 4. The first kappa shape index (κ1) is 21.5. The molecule has 0 radical (unpaired) electrons. The van der Waals surface area contributed by atoms with E-state index in [1.165, 1.54) is 0 Å². The van der Waals surface area contributed by atoms with Crippen LogP contribution in [-0.4, -0.2) is 72.1 Å². The molecule has 0 amide bonds. The molecule has 2 aromatic carbocycles. The van der Waals surface area contributed by atoms with E-state index in [1.54, 1.807) is 0 Å². The number of aromatic hydroxyl groups is 5. The highest BCUT2D eigenvalue weighted by molar-refractivity contribution is 5.88. The fourth-order valence-electron chi connectivity index (χ4n) is 3.29. The summed E-state index contributed by atoms with van der Waals surface area (Å²) in [7, 11) is 0. The second-order valence-corrected chi connectivity index (χ2v) is 7.16.